The standard InChI is InChI=1S/C7H19NO2Si/c1-6-8(7-2)11(5,9-3)10-4/h6-7H2,1-5H3. The summed E-state index contributed by atoms with van der Waals surface area (Å²) in [5.41, 5.74) is 0. The van der Waals surface area contributed by atoms with Crippen molar-refractivity contribution >= 4 is 8.72 Å². The predicted octanol–water partition coefficient (Wildman–Crippen LogP) is 1.19. The highest BCUT2D eigenvalue weighted by Crippen LogP contribution is 2.10. The fraction of sp³-hybridized carbons (Fsp3) is 1.00. The molecule has 0 fully saturated rings. The van der Waals surface area contributed by atoms with Gasteiger partial charge >= 0.3 is 8.72 Å². The summed E-state index contributed by atoms with van der Waals surface area (Å²) in [5, 5.41) is 0. The van der Waals surface area contributed by atoms with E-state index in [9.17, 15) is 0 Å². The molecule has 0 rings (SSSR count). The Bertz CT molecular complexity index is 103. The summed E-state index contributed by atoms with van der Waals surface area (Å²) in [7, 11) is 1.44. The van der Waals surface area contributed by atoms with Gasteiger partial charge in [0, 0.05) is 14.2 Å². The average Bonchev–Trinajstić information content (AvgIpc) is 2.06. The minimum Gasteiger partial charge on any atom is -0.386 e. The monoisotopic (exact) mass is 177 g/mol. The molecule has 11 heavy (non-hydrogen) atoms. The van der Waals surface area contributed by atoms with Gasteiger partial charge in [0.15, 0.2) is 0 Å². The zero-order chi connectivity index (χ0) is 8.91. The highest BCUT2D eigenvalue weighted by molar-refractivity contribution is 6.62. The van der Waals surface area contributed by atoms with Gasteiger partial charge in [0.05, 0.1) is 0 Å². The lowest BCUT2D eigenvalue weighted by molar-refractivity contribution is 0.175. The molecule has 0 spiro atoms. The van der Waals surface area contributed by atoms with Crippen LogP contribution in [-0.2, 0) is 8.85 Å². The van der Waals surface area contributed by atoms with Crippen LogP contribution in [0.3, 0.4) is 0 Å². The van der Waals surface area contributed by atoms with E-state index in [2.05, 4.69) is 25.0 Å². The number of hydrogen-bond acceptors (Lipinski definition) is 3. The summed E-state index contributed by atoms with van der Waals surface area (Å²) in [6.45, 7) is 8.27. The molecule has 0 aliphatic carbocycles. The van der Waals surface area contributed by atoms with E-state index in [0.717, 1.165) is 13.1 Å². The van der Waals surface area contributed by atoms with Crippen molar-refractivity contribution in [1.82, 2.24) is 4.57 Å². The van der Waals surface area contributed by atoms with Gasteiger partial charge in [0.1, 0.15) is 0 Å². The summed E-state index contributed by atoms with van der Waals surface area (Å²) in [5.74, 6) is 0. The third kappa shape index (κ3) is 2.55. The summed E-state index contributed by atoms with van der Waals surface area (Å²) < 4.78 is 13.0. The predicted molar refractivity (Wildman–Crippen MR) is 48.6 cm³/mol. The molecule has 0 aliphatic rings. The van der Waals surface area contributed by atoms with Crippen molar-refractivity contribution in [2.75, 3.05) is 27.3 Å². The molecule has 0 bridgehead atoms. The first-order valence-corrected chi connectivity index (χ1v) is 6.26. The summed E-state index contributed by atoms with van der Waals surface area (Å²) in [4.78, 5) is 0. The molecule has 68 valence electrons. The number of hydrogen-bond donors (Lipinski definition) is 0. The fourth-order valence-corrected chi connectivity index (χ4v) is 2.97. The summed E-state index contributed by atoms with van der Waals surface area (Å²) in [6, 6.07) is 0. The van der Waals surface area contributed by atoms with Crippen LogP contribution in [0.25, 0.3) is 0 Å². The molecule has 0 aromatic carbocycles. The third-order valence-electron chi connectivity index (χ3n) is 2.10. The fourth-order valence-electron chi connectivity index (χ4n) is 1.14. The lowest BCUT2D eigenvalue weighted by atomic mass is 10.7. The Kier molecular flexibility index (Phi) is 4.91. The second-order valence-electron chi connectivity index (χ2n) is 2.48. The van der Waals surface area contributed by atoms with Crippen LogP contribution in [-0.4, -0.2) is 40.6 Å². The van der Waals surface area contributed by atoms with Crippen LogP contribution in [0.2, 0.25) is 6.55 Å². The van der Waals surface area contributed by atoms with Crippen molar-refractivity contribution in [3.05, 3.63) is 0 Å². The van der Waals surface area contributed by atoms with E-state index >= 15 is 0 Å². The Morgan fingerprint density at radius 2 is 1.45 bits per heavy atom. The van der Waals surface area contributed by atoms with Crippen molar-refractivity contribution < 1.29 is 8.85 Å². The van der Waals surface area contributed by atoms with Crippen molar-refractivity contribution in [2.45, 2.75) is 20.4 Å². The maximum Gasteiger partial charge on any atom is 0.423 e. The highest BCUT2D eigenvalue weighted by atomic mass is 28.4. The molecule has 0 radical (unpaired) electrons. The van der Waals surface area contributed by atoms with Crippen molar-refractivity contribution in [1.29, 1.82) is 0 Å². The Morgan fingerprint density at radius 3 is 1.55 bits per heavy atom. The van der Waals surface area contributed by atoms with E-state index in [1.165, 1.54) is 0 Å². The average molecular weight is 177 g/mol. The van der Waals surface area contributed by atoms with E-state index in [-0.39, 0.29) is 0 Å². The van der Waals surface area contributed by atoms with Crippen LogP contribution in [0.15, 0.2) is 0 Å². The third-order valence-corrected chi connectivity index (χ3v) is 5.39. The van der Waals surface area contributed by atoms with Gasteiger partial charge in [0.25, 0.3) is 0 Å². The molecular weight excluding hydrogens is 158 g/mol. The molecule has 4 heteroatoms. The van der Waals surface area contributed by atoms with Crippen LogP contribution in [0.4, 0.5) is 0 Å². The largest absolute Gasteiger partial charge is 0.423 e. The minimum atomic E-state index is -1.99. The molecule has 3 nitrogen and oxygen atoms in total. The first-order valence-electron chi connectivity index (χ1n) is 4.00. The van der Waals surface area contributed by atoms with Crippen LogP contribution in [0, 0.1) is 0 Å². The van der Waals surface area contributed by atoms with Gasteiger partial charge in [-0.15, -0.1) is 0 Å². The molecule has 0 N–H and O–H groups in total. The van der Waals surface area contributed by atoms with E-state index in [4.69, 9.17) is 8.85 Å². The van der Waals surface area contributed by atoms with Gasteiger partial charge in [0.2, 0.25) is 0 Å². The lowest BCUT2D eigenvalue weighted by Crippen LogP contribution is -2.54. The number of rotatable bonds is 5. The molecule has 0 atom stereocenters. The molecule has 0 aromatic rings. The van der Waals surface area contributed by atoms with E-state index in [1.807, 2.05) is 0 Å². The molecule has 0 amide bonds. The maximum absolute atomic E-state index is 5.37. The zero-order valence-electron chi connectivity index (χ0n) is 8.18. The van der Waals surface area contributed by atoms with Gasteiger partial charge in [-0.1, -0.05) is 13.8 Å². The number of nitrogens with zero attached hydrogens (tertiary/aromatic N) is 1. The Morgan fingerprint density at radius 1 is 1.09 bits per heavy atom. The van der Waals surface area contributed by atoms with Crippen molar-refractivity contribution in [3.63, 3.8) is 0 Å². The van der Waals surface area contributed by atoms with E-state index in [1.54, 1.807) is 14.2 Å². The Labute approximate surface area is 70.6 Å². The normalized spacial score (nSPS) is 12.5. The molecule has 0 unspecified atom stereocenters. The van der Waals surface area contributed by atoms with Crippen LogP contribution >= 0.6 is 0 Å². The Hall–Kier alpha value is 0.0969. The van der Waals surface area contributed by atoms with Crippen LogP contribution < -0.4 is 0 Å². The topological polar surface area (TPSA) is 21.7 Å². The SMILES string of the molecule is CCN(CC)[Si](C)(OC)OC. The van der Waals surface area contributed by atoms with Gasteiger partial charge in [-0.05, 0) is 19.6 Å². The Balaban J connectivity index is 4.19. The van der Waals surface area contributed by atoms with Gasteiger partial charge in [-0.2, -0.15) is 0 Å². The van der Waals surface area contributed by atoms with Gasteiger partial charge < -0.3 is 8.85 Å². The summed E-state index contributed by atoms with van der Waals surface area (Å²) in [6.07, 6.45) is 0. The second-order valence-corrected chi connectivity index (χ2v) is 5.72. The quantitative estimate of drug-likeness (QED) is 0.589. The van der Waals surface area contributed by atoms with Gasteiger partial charge in [-0.3, -0.25) is 4.57 Å². The summed E-state index contributed by atoms with van der Waals surface area (Å²) >= 11 is 0. The van der Waals surface area contributed by atoms with E-state index < -0.39 is 8.72 Å². The first-order chi connectivity index (χ1) is 5.14. The molecule has 0 aliphatic heterocycles. The van der Waals surface area contributed by atoms with E-state index in [0.29, 0.717) is 0 Å². The van der Waals surface area contributed by atoms with Crippen LogP contribution in [0.1, 0.15) is 13.8 Å². The second kappa shape index (κ2) is 4.87. The van der Waals surface area contributed by atoms with Gasteiger partial charge in [-0.25, -0.2) is 0 Å². The molecule has 0 saturated carbocycles. The van der Waals surface area contributed by atoms with Crippen molar-refractivity contribution in [3.8, 4) is 0 Å². The molecule has 0 aromatic heterocycles. The minimum absolute atomic E-state index is 0.987. The first kappa shape index (κ1) is 11.1. The molecular formula is C7H19NO2Si. The maximum atomic E-state index is 5.37. The zero-order valence-corrected chi connectivity index (χ0v) is 9.18. The highest BCUT2D eigenvalue weighted by Gasteiger charge is 2.35. The smallest absolute Gasteiger partial charge is 0.386 e. The van der Waals surface area contributed by atoms with Crippen molar-refractivity contribution in [2.24, 2.45) is 0 Å². The van der Waals surface area contributed by atoms with Crippen LogP contribution in [0.5, 0.6) is 0 Å². The molecule has 0 saturated heterocycles. The molecule has 0 heterocycles. The lowest BCUT2D eigenvalue weighted by Gasteiger charge is -2.33.